The first kappa shape index (κ1) is 26.8. The van der Waals surface area contributed by atoms with Gasteiger partial charge in [-0.3, -0.25) is 4.55 Å². The van der Waals surface area contributed by atoms with E-state index in [0.717, 1.165) is 50.0 Å². The summed E-state index contributed by atoms with van der Waals surface area (Å²) in [4.78, 5) is 0. The van der Waals surface area contributed by atoms with Gasteiger partial charge in [-0.2, -0.15) is 8.42 Å². The van der Waals surface area contributed by atoms with Gasteiger partial charge in [0.15, 0.2) is 0 Å². The lowest BCUT2D eigenvalue weighted by Crippen LogP contribution is -2.48. The zero-order valence-corrected chi connectivity index (χ0v) is 18.8. The summed E-state index contributed by atoms with van der Waals surface area (Å²) < 4.78 is 42.8. The molecule has 0 radical (unpaired) electrons. The first-order chi connectivity index (χ1) is 12.8. The number of ether oxygens (including phenoxy) is 2. The molecule has 0 saturated heterocycles. The van der Waals surface area contributed by atoms with Gasteiger partial charge in [0.25, 0.3) is 10.1 Å². The standard InChI is InChI=1S/C20H43NO5S/c1-4-6-8-9-10-13-21(3,14-11-12-20-27(22,23)24)15-17-26-19-18-25-16-7-5-2/h4-20H2,1-3H3/p+1. The number of hydrogen-bond donors (Lipinski definition) is 1. The van der Waals surface area contributed by atoms with Gasteiger partial charge in [0.05, 0.1) is 45.7 Å². The van der Waals surface area contributed by atoms with Crippen LogP contribution in [0, 0.1) is 0 Å². The van der Waals surface area contributed by atoms with Crippen molar-refractivity contribution in [2.24, 2.45) is 0 Å². The summed E-state index contributed by atoms with van der Waals surface area (Å²) >= 11 is 0. The smallest absolute Gasteiger partial charge is 0.264 e. The summed E-state index contributed by atoms with van der Waals surface area (Å²) in [6, 6.07) is 0. The van der Waals surface area contributed by atoms with Crippen LogP contribution in [0.25, 0.3) is 0 Å². The molecule has 1 unspecified atom stereocenters. The van der Waals surface area contributed by atoms with Gasteiger partial charge in [-0.05, 0) is 32.1 Å². The molecule has 27 heavy (non-hydrogen) atoms. The molecular formula is C20H44NO5S+. The first-order valence-corrected chi connectivity index (χ1v) is 12.4. The lowest BCUT2D eigenvalue weighted by molar-refractivity contribution is -0.910. The molecule has 164 valence electrons. The highest BCUT2D eigenvalue weighted by molar-refractivity contribution is 7.85. The third-order valence-corrected chi connectivity index (χ3v) is 5.75. The fourth-order valence-electron chi connectivity index (χ4n) is 3.06. The van der Waals surface area contributed by atoms with Crippen molar-refractivity contribution in [2.75, 3.05) is 58.9 Å². The van der Waals surface area contributed by atoms with Crippen LogP contribution in [0.15, 0.2) is 0 Å². The molecule has 0 aromatic heterocycles. The van der Waals surface area contributed by atoms with Crippen LogP contribution in [0.2, 0.25) is 0 Å². The second kappa shape index (κ2) is 16.7. The van der Waals surface area contributed by atoms with E-state index in [1.807, 2.05) is 0 Å². The molecule has 0 saturated carbocycles. The van der Waals surface area contributed by atoms with E-state index >= 15 is 0 Å². The summed E-state index contributed by atoms with van der Waals surface area (Å²) in [5.41, 5.74) is 0. The van der Waals surface area contributed by atoms with Crippen LogP contribution in [0.1, 0.15) is 71.6 Å². The summed E-state index contributed by atoms with van der Waals surface area (Å²) in [7, 11) is -1.62. The molecule has 0 rings (SSSR count). The fraction of sp³-hybridized carbons (Fsp3) is 1.00. The molecule has 0 aromatic carbocycles. The molecule has 0 bridgehead atoms. The quantitative estimate of drug-likeness (QED) is 0.187. The van der Waals surface area contributed by atoms with Crippen LogP contribution in [-0.4, -0.2) is 76.3 Å². The van der Waals surface area contributed by atoms with E-state index in [9.17, 15) is 8.42 Å². The van der Waals surface area contributed by atoms with Gasteiger partial charge in [-0.1, -0.05) is 39.5 Å². The summed E-state index contributed by atoms with van der Waals surface area (Å²) in [6.07, 6.45) is 9.80. The minimum Gasteiger partial charge on any atom is -0.379 e. The maximum absolute atomic E-state index is 10.9. The summed E-state index contributed by atoms with van der Waals surface area (Å²) in [5.74, 6) is -0.144. The predicted octanol–water partition coefficient (Wildman–Crippen LogP) is 3.90. The SMILES string of the molecule is CCCCCCC[N+](C)(CCCCS(=O)(=O)O)CCOCCOCCCC. The third kappa shape index (κ3) is 18.9. The maximum Gasteiger partial charge on any atom is 0.264 e. The lowest BCUT2D eigenvalue weighted by atomic mass is 10.1. The molecule has 6 nitrogen and oxygen atoms in total. The van der Waals surface area contributed by atoms with E-state index in [4.69, 9.17) is 14.0 Å². The number of rotatable bonds is 20. The zero-order chi connectivity index (χ0) is 20.4. The van der Waals surface area contributed by atoms with Crippen molar-refractivity contribution in [2.45, 2.75) is 71.6 Å². The molecule has 1 N–H and O–H groups in total. The van der Waals surface area contributed by atoms with Crippen molar-refractivity contribution < 1.29 is 26.9 Å². The van der Waals surface area contributed by atoms with E-state index in [1.54, 1.807) is 0 Å². The van der Waals surface area contributed by atoms with Crippen molar-refractivity contribution in [3.8, 4) is 0 Å². The van der Waals surface area contributed by atoms with Crippen molar-refractivity contribution >= 4 is 10.1 Å². The van der Waals surface area contributed by atoms with E-state index in [1.165, 1.54) is 32.1 Å². The van der Waals surface area contributed by atoms with Gasteiger partial charge in [0.1, 0.15) is 6.54 Å². The number of nitrogens with zero attached hydrogens (tertiary/aromatic N) is 1. The Kier molecular flexibility index (Phi) is 16.6. The Hall–Kier alpha value is -0.210. The summed E-state index contributed by atoms with van der Waals surface area (Å²) in [6.45, 7) is 10.1. The van der Waals surface area contributed by atoms with Crippen molar-refractivity contribution in [1.82, 2.24) is 0 Å². The Morgan fingerprint density at radius 2 is 1.26 bits per heavy atom. The number of likely N-dealkylation sites (N-methyl/N-ethyl adjacent to an activating group) is 1. The maximum atomic E-state index is 10.9. The molecule has 0 heterocycles. The van der Waals surface area contributed by atoms with Crippen LogP contribution < -0.4 is 0 Å². The highest BCUT2D eigenvalue weighted by Gasteiger charge is 2.21. The van der Waals surface area contributed by atoms with Crippen LogP contribution in [0.3, 0.4) is 0 Å². The van der Waals surface area contributed by atoms with Gasteiger partial charge in [-0.25, -0.2) is 0 Å². The molecule has 0 aliphatic carbocycles. The Balaban J connectivity index is 4.13. The van der Waals surface area contributed by atoms with E-state index in [2.05, 4.69) is 20.9 Å². The molecule has 0 fully saturated rings. The Labute approximate surface area is 167 Å². The van der Waals surface area contributed by atoms with E-state index < -0.39 is 10.1 Å². The average Bonchev–Trinajstić information content (AvgIpc) is 2.60. The first-order valence-electron chi connectivity index (χ1n) is 10.8. The normalized spacial score (nSPS) is 14.4. The summed E-state index contributed by atoms with van der Waals surface area (Å²) in [5, 5.41) is 0. The highest BCUT2D eigenvalue weighted by atomic mass is 32.2. The van der Waals surface area contributed by atoms with Crippen LogP contribution >= 0.6 is 0 Å². The molecule has 1 atom stereocenters. The van der Waals surface area contributed by atoms with E-state index in [-0.39, 0.29) is 5.75 Å². The number of quaternary nitrogens is 1. The van der Waals surface area contributed by atoms with Gasteiger partial charge in [0.2, 0.25) is 0 Å². The minimum atomic E-state index is -3.85. The Morgan fingerprint density at radius 3 is 1.85 bits per heavy atom. The van der Waals surface area contributed by atoms with Crippen molar-refractivity contribution in [3.05, 3.63) is 0 Å². The Morgan fingerprint density at radius 1 is 0.704 bits per heavy atom. The topological polar surface area (TPSA) is 72.8 Å². The molecular weight excluding hydrogens is 366 g/mol. The average molecular weight is 411 g/mol. The minimum absolute atomic E-state index is 0.144. The molecule has 0 aliphatic rings. The largest absolute Gasteiger partial charge is 0.379 e. The molecule has 0 aliphatic heterocycles. The molecule has 0 aromatic rings. The van der Waals surface area contributed by atoms with Gasteiger partial charge >= 0.3 is 0 Å². The Bertz CT molecular complexity index is 430. The van der Waals surface area contributed by atoms with Gasteiger partial charge < -0.3 is 14.0 Å². The molecule has 0 spiro atoms. The lowest BCUT2D eigenvalue weighted by Gasteiger charge is -2.35. The fourth-order valence-corrected chi connectivity index (χ4v) is 3.63. The van der Waals surface area contributed by atoms with Crippen molar-refractivity contribution in [1.29, 1.82) is 0 Å². The van der Waals surface area contributed by atoms with Gasteiger partial charge in [0, 0.05) is 6.61 Å². The molecule has 7 heteroatoms. The molecule has 0 amide bonds. The number of hydrogen-bond acceptors (Lipinski definition) is 4. The van der Waals surface area contributed by atoms with Crippen LogP contribution in [0.5, 0.6) is 0 Å². The highest BCUT2D eigenvalue weighted by Crippen LogP contribution is 2.12. The predicted molar refractivity (Wildman–Crippen MR) is 112 cm³/mol. The second-order valence-corrected chi connectivity index (χ2v) is 9.35. The number of unbranched alkanes of at least 4 members (excludes halogenated alkanes) is 6. The monoisotopic (exact) mass is 410 g/mol. The zero-order valence-electron chi connectivity index (χ0n) is 18.0. The van der Waals surface area contributed by atoms with E-state index in [0.29, 0.717) is 26.2 Å². The van der Waals surface area contributed by atoms with Crippen LogP contribution in [-0.2, 0) is 19.6 Å². The van der Waals surface area contributed by atoms with Crippen LogP contribution in [0.4, 0.5) is 0 Å². The second-order valence-electron chi connectivity index (χ2n) is 7.78. The van der Waals surface area contributed by atoms with Gasteiger partial charge in [-0.15, -0.1) is 0 Å². The van der Waals surface area contributed by atoms with Crippen molar-refractivity contribution in [3.63, 3.8) is 0 Å². The third-order valence-electron chi connectivity index (χ3n) is 4.94.